The minimum atomic E-state index is 0. The normalized spacial score (nSPS) is 8.18. The van der Waals surface area contributed by atoms with Gasteiger partial charge in [0, 0.05) is 0 Å². The molecule has 0 aromatic rings. The Kier molecular flexibility index (Phi) is 26.7. The number of nitrogens with zero attached hydrogens (tertiary/aromatic N) is 1. The molecule has 0 aliphatic heterocycles. The number of hydrogen-bond acceptors (Lipinski definition) is 3. The van der Waals surface area contributed by atoms with Gasteiger partial charge in [-0.1, -0.05) is 0 Å². The first-order valence-electron chi connectivity index (χ1n) is 2.73. The van der Waals surface area contributed by atoms with Crippen molar-refractivity contribution < 1.29 is 27.2 Å². The van der Waals surface area contributed by atoms with E-state index in [9.17, 15) is 0 Å². The standard InChI is InChI=1S/C5H14NO.2ClH.H3NO/c1-6(2,3)4-5-7;;;1-2/h7H,4-5H2,1-3H3;2*1H;2H,1H2/q+1;;;/p-1. The monoisotopic (exact) mass is 208 g/mol. The molecule has 0 unspecified atom stereocenters. The minimum absolute atomic E-state index is 0. The fourth-order valence-corrected chi connectivity index (χ4v) is 0.300. The van der Waals surface area contributed by atoms with Crippen molar-refractivity contribution in [1.82, 2.24) is 0 Å². The lowest BCUT2D eigenvalue weighted by atomic mass is 10.5. The molecule has 0 radical (unpaired) electrons. The van der Waals surface area contributed by atoms with E-state index in [0.717, 1.165) is 11.0 Å². The number of aliphatic hydroxyl groups is 1. The summed E-state index contributed by atoms with van der Waals surface area (Å²) in [5.74, 6) is 3.50. The maximum Gasteiger partial charge on any atom is 0.101 e. The van der Waals surface area contributed by atoms with E-state index in [4.69, 9.17) is 10.3 Å². The lowest BCUT2D eigenvalue weighted by molar-refractivity contribution is -0.870. The zero-order valence-corrected chi connectivity index (χ0v) is 8.69. The minimum Gasteiger partial charge on any atom is -1.00 e. The lowest BCUT2D eigenvalue weighted by Gasteiger charge is -2.21. The fourth-order valence-electron chi connectivity index (χ4n) is 0.300. The van der Waals surface area contributed by atoms with E-state index in [1.165, 1.54) is 0 Å². The Morgan fingerprint density at radius 1 is 1.18 bits per heavy atom. The summed E-state index contributed by atoms with van der Waals surface area (Å²) in [7, 11) is 6.16. The van der Waals surface area contributed by atoms with Crippen LogP contribution in [0.5, 0.6) is 0 Å². The Bertz CT molecular complexity index is 58.9. The average molecular weight is 209 g/mol. The summed E-state index contributed by atoms with van der Waals surface area (Å²) in [6.45, 7) is 1.11. The number of likely N-dealkylation sites (N-methyl/N-ethyl adjacent to an activating group) is 1. The fraction of sp³-hybridized carbons (Fsp3) is 1.00. The highest BCUT2D eigenvalue weighted by Crippen LogP contribution is 1.84. The summed E-state index contributed by atoms with van der Waals surface area (Å²) in [4.78, 5) is 0. The van der Waals surface area contributed by atoms with Crippen LogP contribution >= 0.6 is 12.4 Å². The summed E-state index contributed by atoms with van der Waals surface area (Å²) >= 11 is 0. The van der Waals surface area contributed by atoms with Gasteiger partial charge in [0.1, 0.15) is 6.54 Å². The van der Waals surface area contributed by atoms with Crippen LogP contribution in [-0.4, -0.2) is 49.1 Å². The molecule has 0 aromatic carbocycles. The Morgan fingerprint density at radius 2 is 1.45 bits per heavy atom. The van der Waals surface area contributed by atoms with E-state index >= 15 is 0 Å². The molecule has 4 N–H and O–H groups in total. The van der Waals surface area contributed by atoms with Crippen molar-refractivity contribution in [3.05, 3.63) is 0 Å². The van der Waals surface area contributed by atoms with Gasteiger partial charge >= 0.3 is 0 Å². The molecule has 0 heterocycles. The molecule has 0 rings (SSSR count). The molecule has 0 aliphatic rings. The molecule has 0 spiro atoms. The highest BCUT2D eigenvalue weighted by molar-refractivity contribution is 5.85. The van der Waals surface area contributed by atoms with Crippen LogP contribution in [0, 0.1) is 0 Å². The van der Waals surface area contributed by atoms with Gasteiger partial charge < -0.3 is 27.2 Å². The molecule has 0 fully saturated rings. The second-order valence-corrected chi connectivity index (χ2v) is 2.74. The summed E-state index contributed by atoms with van der Waals surface area (Å²) in [6.07, 6.45) is 0. The SMILES string of the molecule is C[N+](C)(C)CCO.Cl.NO.[Cl-]. The van der Waals surface area contributed by atoms with E-state index in [2.05, 4.69) is 27.0 Å². The molecule has 4 nitrogen and oxygen atoms in total. The highest BCUT2D eigenvalue weighted by atomic mass is 35.5. The Hall–Kier alpha value is 0.420. The van der Waals surface area contributed by atoms with Crippen LogP contribution in [0.3, 0.4) is 0 Å². The van der Waals surface area contributed by atoms with E-state index in [-0.39, 0.29) is 31.4 Å². The van der Waals surface area contributed by atoms with E-state index in [1.54, 1.807) is 0 Å². The number of aliphatic hydroxyl groups excluding tert-OH is 1. The summed E-state index contributed by atoms with van der Waals surface area (Å²) in [6, 6.07) is 0. The summed E-state index contributed by atoms with van der Waals surface area (Å²) < 4.78 is 0.844. The van der Waals surface area contributed by atoms with Gasteiger partial charge in [-0.15, -0.1) is 12.4 Å². The molecular weight excluding hydrogens is 191 g/mol. The Balaban J connectivity index is -0.0000000564. The largest absolute Gasteiger partial charge is 1.00 e. The van der Waals surface area contributed by atoms with Crippen molar-refractivity contribution in [3.63, 3.8) is 0 Å². The van der Waals surface area contributed by atoms with E-state index in [0.29, 0.717) is 0 Å². The van der Waals surface area contributed by atoms with Gasteiger partial charge in [0.05, 0.1) is 27.7 Å². The van der Waals surface area contributed by atoms with Crippen LogP contribution in [0.2, 0.25) is 0 Å². The quantitative estimate of drug-likeness (QED) is 0.326. The van der Waals surface area contributed by atoms with Crippen LogP contribution in [0.1, 0.15) is 0 Å². The molecular formula is C5H18Cl2N2O2. The van der Waals surface area contributed by atoms with Crippen LogP contribution in [-0.2, 0) is 0 Å². The van der Waals surface area contributed by atoms with Gasteiger partial charge in [0.2, 0.25) is 0 Å². The predicted octanol–water partition coefficient (Wildman–Crippen LogP) is -3.55. The van der Waals surface area contributed by atoms with Gasteiger partial charge in [-0.05, 0) is 0 Å². The third kappa shape index (κ3) is 37.8. The van der Waals surface area contributed by atoms with Gasteiger partial charge in [0.25, 0.3) is 0 Å². The molecule has 6 heteroatoms. The second kappa shape index (κ2) is 13.0. The topological polar surface area (TPSA) is 66.5 Å². The van der Waals surface area contributed by atoms with Crippen molar-refractivity contribution in [2.75, 3.05) is 34.3 Å². The predicted molar refractivity (Wildman–Crippen MR) is 43.2 cm³/mol. The number of nitrogens with two attached hydrogens (primary N) is 1. The third-order valence-corrected chi connectivity index (χ3v) is 0.771. The van der Waals surface area contributed by atoms with Crippen LogP contribution < -0.4 is 18.3 Å². The average Bonchev–Trinajstić information content (AvgIpc) is 1.69. The van der Waals surface area contributed by atoms with Crippen LogP contribution in [0.25, 0.3) is 0 Å². The molecule has 0 saturated carbocycles. The lowest BCUT2D eigenvalue weighted by Crippen LogP contribution is -3.00. The maximum absolute atomic E-state index is 8.39. The van der Waals surface area contributed by atoms with E-state index in [1.807, 2.05) is 0 Å². The van der Waals surface area contributed by atoms with Crippen molar-refractivity contribution in [2.24, 2.45) is 5.90 Å². The molecule has 0 amide bonds. The van der Waals surface area contributed by atoms with Crippen molar-refractivity contribution >= 4 is 12.4 Å². The van der Waals surface area contributed by atoms with Crippen molar-refractivity contribution in [1.29, 1.82) is 0 Å². The molecule has 0 aliphatic carbocycles. The first-order chi connectivity index (χ1) is 4.06. The first kappa shape index (κ1) is 22.5. The molecule has 0 aromatic heterocycles. The van der Waals surface area contributed by atoms with Crippen molar-refractivity contribution in [2.45, 2.75) is 0 Å². The smallest absolute Gasteiger partial charge is 0.101 e. The van der Waals surface area contributed by atoms with Crippen LogP contribution in [0.4, 0.5) is 0 Å². The molecule has 0 bridgehead atoms. The van der Waals surface area contributed by atoms with E-state index < -0.39 is 0 Å². The third-order valence-electron chi connectivity index (χ3n) is 0.771. The number of halogens is 2. The molecule has 74 valence electrons. The Labute approximate surface area is 80.4 Å². The van der Waals surface area contributed by atoms with Gasteiger partial charge in [-0.3, -0.25) is 0 Å². The second-order valence-electron chi connectivity index (χ2n) is 2.74. The van der Waals surface area contributed by atoms with Gasteiger partial charge in [-0.2, -0.15) is 0 Å². The summed E-state index contributed by atoms with van der Waals surface area (Å²) in [5, 5.41) is 14.9. The van der Waals surface area contributed by atoms with Crippen molar-refractivity contribution in [3.8, 4) is 0 Å². The maximum atomic E-state index is 8.39. The van der Waals surface area contributed by atoms with Crippen LogP contribution in [0.15, 0.2) is 0 Å². The highest BCUT2D eigenvalue weighted by Gasteiger charge is 2.02. The Morgan fingerprint density at radius 3 is 1.45 bits per heavy atom. The first-order valence-corrected chi connectivity index (χ1v) is 2.73. The molecule has 0 saturated heterocycles. The zero-order valence-electron chi connectivity index (χ0n) is 7.12. The molecule has 11 heavy (non-hydrogen) atoms. The zero-order chi connectivity index (χ0) is 7.91. The molecule has 0 atom stereocenters. The van der Waals surface area contributed by atoms with Gasteiger partial charge in [-0.25, -0.2) is 5.90 Å². The number of rotatable bonds is 2. The van der Waals surface area contributed by atoms with Gasteiger partial charge in [0.15, 0.2) is 0 Å². The summed E-state index contributed by atoms with van der Waals surface area (Å²) in [5.41, 5.74) is 0. The number of hydrogen-bond donors (Lipinski definition) is 3. The number of quaternary nitrogens is 1.